The Bertz CT molecular complexity index is 704. The highest BCUT2D eigenvalue weighted by Crippen LogP contribution is 2.32. The Balaban J connectivity index is 2.14. The molecule has 110 valence electrons. The van der Waals surface area contributed by atoms with Crippen LogP contribution in [0, 0.1) is 11.6 Å². The summed E-state index contributed by atoms with van der Waals surface area (Å²) in [5, 5.41) is 0. The third kappa shape index (κ3) is 2.64. The Morgan fingerprint density at radius 3 is 2.62 bits per heavy atom. The molecule has 0 spiro atoms. The summed E-state index contributed by atoms with van der Waals surface area (Å²) in [7, 11) is 0. The number of hydrogen-bond acceptors (Lipinski definition) is 3. The molecule has 0 radical (unpaired) electrons. The number of hydrogen-bond donors (Lipinski definition) is 1. The van der Waals surface area contributed by atoms with Gasteiger partial charge in [0.05, 0.1) is 4.47 Å². The molecule has 21 heavy (non-hydrogen) atoms. The van der Waals surface area contributed by atoms with Gasteiger partial charge in [0.2, 0.25) is 0 Å². The number of rotatable bonds is 1. The van der Waals surface area contributed by atoms with Gasteiger partial charge in [-0.2, -0.15) is 0 Å². The van der Waals surface area contributed by atoms with Gasteiger partial charge in [0.25, 0.3) is 0 Å². The van der Waals surface area contributed by atoms with Gasteiger partial charge in [-0.05, 0) is 53.7 Å². The van der Waals surface area contributed by atoms with Crippen LogP contribution in [-0.4, -0.2) is 9.97 Å². The number of halogens is 3. The number of fused-ring (bicyclic) bond motifs is 1. The maximum atomic E-state index is 13.7. The summed E-state index contributed by atoms with van der Waals surface area (Å²) in [6, 6.07) is 2.53. The van der Waals surface area contributed by atoms with Crippen LogP contribution in [0.25, 0.3) is 11.4 Å². The fraction of sp³-hybridized carbons (Fsp3) is 0.333. The largest absolute Gasteiger partial charge is 0.383 e. The average molecular weight is 354 g/mol. The Morgan fingerprint density at radius 2 is 1.81 bits per heavy atom. The van der Waals surface area contributed by atoms with E-state index in [2.05, 4.69) is 25.9 Å². The molecule has 1 aliphatic carbocycles. The molecule has 0 saturated heterocycles. The lowest BCUT2D eigenvalue weighted by atomic mass is 10.1. The predicted molar refractivity (Wildman–Crippen MR) is 80.8 cm³/mol. The fourth-order valence-corrected chi connectivity index (χ4v) is 3.12. The normalized spacial score (nSPS) is 14.6. The summed E-state index contributed by atoms with van der Waals surface area (Å²) in [6.45, 7) is 0. The molecule has 0 atom stereocenters. The number of nitrogens with two attached hydrogens (primary N) is 1. The smallest absolute Gasteiger partial charge is 0.173 e. The van der Waals surface area contributed by atoms with Crippen LogP contribution in [0.3, 0.4) is 0 Å². The monoisotopic (exact) mass is 353 g/mol. The Morgan fingerprint density at radius 1 is 1.05 bits per heavy atom. The molecule has 6 heteroatoms. The van der Waals surface area contributed by atoms with Crippen LogP contribution in [0.4, 0.5) is 14.6 Å². The second-order valence-electron chi connectivity index (χ2n) is 5.14. The second-order valence-corrected chi connectivity index (χ2v) is 5.93. The van der Waals surface area contributed by atoms with Crippen LogP contribution in [0.15, 0.2) is 16.6 Å². The molecule has 3 rings (SSSR count). The maximum absolute atomic E-state index is 13.7. The van der Waals surface area contributed by atoms with E-state index >= 15 is 0 Å². The highest BCUT2D eigenvalue weighted by atomic mass is 79.9. The molecule has 3 nitrogen and oxygen atoms in total. The van der Waals surface area contributed by atoms with Gasteiger partial charge in [-0.1, -0.05) is 6.42 Å². The van der Waals surface area contributed by atoms with Crippen molar-refractivity contribution in [2.75, 3.05) is 5.73 Å². The molecule has 1 aliphatic rings. The first-order chi connectivity index (χ1) is 10.1. The maximum Gasteiger partial charge on any atom is 0.173 e. The number of nitrogens with zero attached hydrogens (tertiary/aromatic N) is 2. The number of aryl methyl sites for hydroxylation is 1. The van der Waals surface area contributed by atoms with Crippen LogP contribution in [0.1, 0.15) is 30.5 Å². The zero-order valence-electron chi connectivity index (χ0n) is 11.3. The van der Waals surface area contributed by atoms with Gasteiger partial charge in [-0.15, -0.1) is 0 Å². The first kappa shape index (κ1) is 14.4. The molecule has 0 unspecified atom stereocenters. The van der Waals surface area contributed by atoms with E-state index in [9.17, 15) is 8.78 Å². The molecule has 2 N–H and O–H groups in total. The minimum Gasteiger partial charge on any atom is -0.383 e. The molecular weight excluding hydrogens is 340 g/mol. The molecule has 1 aromatic heterocycles. The van der Waals surface area contributed by atoms with Gasteiger partial charge >= 0.3 is 0 Å². The van der Waals surface area contributed by atoms with E-state index in [0.717, 1.165) is 49.4 Å². The van der Waals surface area contributed by atoms with Gasteiger partial charge in [0.15, 0.2) is 17.5 Å². The lowest BCUT2D eigenvalue weighted by molar-refractivity contribution is 0.504. The minimum absolute atomic E-state index is 0.0236. The molecule has 0 bridgehead atoms. The van der Waals surface area contributed by atoms with E-state index in [1.807, 2.05) is 0 Å². The van der Waals surface area contributed by atoms with Gasteiger partial charge in [0.1, 0.15) is 5.82 Å². The zero-order chi connectivity index (χ0) is 15.0. The summed E-state index contributed by atoms with van der Waals surface area (Å²) in [5.41, 5.74) is 8.36. The lowest BCUT2D eigenvalue weighted by Crippen LogP contribution is -2.07. The SMILES string of the molecule is Nc1nc(-c2ccc(F)c(F)c2Br)nc2c1CCCCC2. The van der Waals surface area contributed by atoms with Crippen LogP contribution < -0.4 is 5.73 Å². The first-order valence-corrected chi connectivity index (χ1v) is 7.66. The van der Waals surface area contributed by atoms with Crippen molar-refractivity contribution in [2.24, 2.45) is 0 Å². The van der Waals surface area contributed by atoms with Crippen molar-refractivity contribution in [3.8, 4) is 11.4 Å². The van der Waals surface area contributed by atoms with Crippen LogP contribution >= 0.6 is 15.9 Å². The molecule has 0 aliphatic heterocycles. The topological polar surface area (TPSA) is 51.8 Å². The van der Waals surface area contributed by atoms with E-state index in [1.165, 1.54) is 6.07 Å². The second kappa shape index (κ2) is 5.67. The molecule has 0 fully saturated rings. The Labute approximate surface area is 129 Å². The average Bonchev–Trinajstić information content (AvgIpc) is 2.70. The van der Waals surface area contributed by atoms with E-state index < -0.39 is 11.6 Å². The van der Waals surface area contributed by atoms with Crippen molar-refractivity contribution in [3.63, 3.8) is 0 Å². The van der Waals surface area contributed by atoms with Crippen LogP contribution in [0.2, 0.25) is 0 Å². The summed E-state index contributed by atoms with van der Waals surface area (Å²) < 4.78 is 26.9. The molecule has 2 aromatic rings. The van der Waals surface area contributed by atoms with Gasteiger partial charge in [0, 0.05) is 16.8 Å². The van der Waals surface area contributed by atoms with Crippen molar-refractivity contribution >= 4 is 21.7 Å². The van der Waals surface area contributed by atoms with Gasteiger partial charge in [-0.25, -0.2) is 18.7 Å². The van der Waals surface area contributed by atoms with E-state index in [0.29, 0.717) is 17.2 Å². The first-order valence-electron chi connectivity index (χ1n) is 6.87. The van der Waals surface area contributed by atoms with Crippen LogP contribution in [-0.2, 0) is 12.8 Å². The predicted octanol–water partition coefficient (Wildman–Crippen LogP) is 4.04. The van der Waals surface area contributed by atoms with Crippen molar-refractivity contribution in [3.05, 3.63) is 39.5 Å². The Kier molecular flexibility index (Phi) is 3.89. The molecule has 0 amide bonds. The third-order valence-electron chi connectivity index (χ3n) is 3.74. The summed E-state index contributed by atoms with van der Waals surface area (Å²) in [4.78, 5) is 8.80. The number of nitrogen functional groups attached to an aromatic ring is 1. The fourth-order valence-electron chi connectivity index (χ4n) is 2.62. The summed E-state index contributed by atoms with van der Waals surface area (Å²) >= 11 is 3.07. The number of benzene rings is 1. The van der Waals surface area contributed by atoms with E-state index in [4.69, 9.17) is 5.73 Å². The summed E-state index contributed by atoms with van der Waals surface area (Å²) in [5.74, 6) is -1.08. The van der Waals surface area contributed by atoms with Crippen molar-refractivity contribution in [2.45, 2.75) is 32.1 Å². The van der Waals surface area contributed by atoms with E-state index in [-0.39, 0.29) is 4.47 Å². The standard InChI is InChI=1S/C15H14BrF2N3/c16-12-9(6-7-10(17)13(12)18)15-20-11-5-3-1-2-4-8(11)14(19)21-15/h6-7H,1-5H2,(H2,19,20,21). The number of aromatic nitrogens is 2. The molecule has 0 saturated carbocycles. The van der Waals surface area contributed by atoms with Crippen molar-refractivity contribution in [1.82, 2.24) is 9.97 Å². The third-order valence-corrected chi connectivity index (χ3v) is 4.52. The van der Waals surface area contributed by atoms with Gasteiger partial charge in [-0.3, -0.25) is 0 Å². The molecular formula is C15H14BrF2N3. The zero-order valence-corrected chi connectivity index (χ0v) is 12.9. The van der Waals surface area contributed by atoms with Crippen molar-refractivity contribution < 1.29 is 8.78 Å². The van der Waals surface area contributed by atoms with Gasteiger partial charge < -0.3 is 5.73 Å². The van der Waals surface area contributed by atoms with Crippen molar-refractivity contribution in [1.29, 1.82) is 0 Å². The highest BCUT2D eigenvalue weighted by Gasteiger charge is 2.19. The Hall–Kier alpha value is -1.56. The lowest BCUT2D eigenvalue weighted by Gasteiger charge is -2.11. The molecule has 1 heterocycles. The highest BCUT2D eigenvalue weighted by molar-refractivity contribution is 9.10. The molecule has 1 aromatic carbocycles. The number of anilines is 1. The van der Waals surface area contributed by atoms with E-state index in [1.54, 1.807) is 0 Å². The summed E-state index contributed by atoms with van der Waals surface area (Å²) in [6.07, 6.45) is 4.99. The minimum atomic E-state index is -0.940. The quantitative estimate of drug-likeness (QED) is 0.621. The van der Waals surface area contributed by atoms with Crippen LogP contribution in [0.5, 0.6) is 0 Å².